The molecule has 1 unspecified atom stereocenters. The summed E-state index contributed by atoms with van der Waals surface area (Å²) in [6.45, 7) is 2.18. The lowest BCUT2D eigenvalue weighted by molar-refractivity contribution is 0.0457. The predicted molar refractivity (Wildman–Crippen MR) is 80.8 cm³/mol. The zero-order chi connectivity index (χ0) is 14.6. The Morgan fingerprint density at radius 1 is 1.15 bits per heavy atom. The van der Waals surface area contributed by atoms with Crippen LogP contribution in [0, 0.1) is 6.92 Å². The molecule has 0 fully saturated rings. The van der Waals surface area contributed by atoms with Crippen molar-refractivity contribution < 1.29 is 9.84 Å². The smallest absolute Gasteiger partial charge is 0.122 e. The number of hydrogen-bond acceptors (Lipinski definition) is 3. The number of aryl methyl sites for hydroxylation is 1. The first kappa shape index (κ1) is 14.6. The molecule has 20 heavy (non-hydrogen) atoms. The van der Waals surface area contributed by atoms with Crippen molar-refractivity contribution in [2.75, 3.05) is 13.7 Å². The fourth-order valence-electron chi connectivity index (χ4n) is 2.40. The lowest BCUT2D eigenvalue weighted by Crippen LogP contribution is -2.37. The monoisotopic (exact) mass is 271 g/mol. The number of hydrogen-bond donors (Lipinski definition) is 2. The van der Waals surface area contributed by atoms with E-state index in [1.54, 1.807) is 7.11 Å². The second-order valence-electron chi connectivity index (χ2n) is 5.09. The molecule has 0 aliphatic heterocycles. The average Bonchev–Trinajstić information content (AvgIpc) is 2.48. The van der Waals surface area contributed by atoms with Gasteiger partial charge in [0.15, 0.2) is 0 Å². The van der Waals surface area contributed by atoms with E-state index in [4.69, 9.17) is 10.5 Å². The molecule has 0 spiro atoms. The Morgan fingerprint density at radius 2 is 1.85 bits per heavy atom. The first-order valence-electron chi connectivity index (χ1n) is 6.70. The first-order chi connectivity index (χ1) is 9.59. The fourth-order valence-corrected chi connectivity index (χ4v) is 2.40. The van der Waals surface area contributed by atoms with Gasteiger partial charge in [0.25, 0.3) is 0 Å². The topological polar surface area (TPSA) is 55.5 Å². The third-order valence-electron chi connectivity index (χ3n) is 3.57. The highest BCUT2D eigenvalue weighted by Crippen LogP contribution is 2.29. The van der Waals surface area contributed by atoms with Crippen LogP contribution in [0.25, 0.3) is 0 Å². The number of methoxy groups -OCH3 is 1. The zero-order valence-corrected chi connectivity index (χ0v) is 12.0. The molecule has 0 aliphatic carbocycles. The van der Waals surface area contributed by atoms with E-state index in [-0.39, 0.29) is 6.54 Å². The molecule has 3 nitrogen and oxygen atoms in total. The quantitative estimate of drug-likeness (QED) is 0.878. The van der Waals surface area contributed by atoms with Crippen LogP contribution in [-0.2, 0) is 12.0 Å². The maximum Gasteiger partial charge on any atom is 0.122 e. The van der Waals surface area contributed by atoms with Gasteiger partial charge in [0, 0.05) is 13.0 Å². The predicted octanol–water partition coefficient (Wildman–Crippen LogP) is 2.39. The van der Waals surface area contributed by atoms with Gasteiger partial charge in [-0.25, -0.2) is 0 Å². The van der Waals surface area contributed by atoms with Crippen molar-refractivity contribution in [3.05, 3.63) is 65.2 Å². The highest BCUT2D eigenvalue weighted by molar-refractivity contribution is 5.39. The van der Waals surface area contributed by atoms with Gasteiger partial charge in [-0.05, 0) is 24.1 Å². The number of aliphatic hydroxyl groups is 1. The van der Waals surface area contributed by atoms with Crippen molar-refractivity contribution in [3.63, 3.8) is 0 Å². The van der Waals surface area contributed by atoms with Crippen molar-refractivity contribution in [2.24, 2.45) is 5.73 Å². The van der Waals surface area contributed by atoms with Crippen molar-refractivity contribution in [3.8, 4) is 5.75 Å². The molecule has 0 saturated heterocycles. The van der Waals surface area contributed by atoms with Gasteiger partial charge in [0.1, 0.15) is 11.4 Å². The summed E-state index contributed by atoms with van der Waals surface area (Å²) < 4.78 is 5.37. The molecule has 2 aromatic rings. The van der Waals surface area contributed by atoms with Crippen molar-refractivity contribution in [2.45, 2.75) is 18.9 Å². The summed E-state index contributed by atoms with van der Waals surface area (Å²) in [5, 5.41) is 10.9. The largest absolute Gasteiger partial charge is 0.496 e. The Bertz CT molecular complexity index is 568. The molecule has 106 valence electrons. The minimum absolute atomic E-state index is 0.161. The van der Waals surface area contributed by atoms with Crippen LogP contribution in [0.1, 0.15) is 16.7 Å². The summed E-state index contributed by atoms with van der Waals surface area (Å²) in [5.74, 6) is 0.776. The van der Waals surface area contributed by atoms with Gasteiger partial charge in [-0.2, -0.15) is 0 Å². The maximum absolute atomic E-state index is 10.9. The van der Waals surface area contributed by atoms with Gasteiger partial charge < -0.3 is 15.6 Å². The second kappa shape index (κ2) is 6.07. The summed E-state index contributed by atoms with van der Waals surface area (Å²) >= 11 is 0. The summed E-state index contributed by atoms with van der Waals surface area (Å²) in [4.78, 5) is 0. The van der Waals surface area contributed by atoms with Crippen LogP contribution in [0.15, 0.2) is 48.5 Å². The van der Waals surface area contributed by atoms with E-state index in [0.29, 0.717) is 6.42 Å². The molecular weight excluding hydrogens is 250 g/mol. The van der Waals surface area contributed by atoms with Gasteiger partial charge in [-0.1, -0.05) is 48.0 Å². The van der Waals surface area contributed by atoms with Crippen molar-refractivity contribution in [1.29, 1.82) is 0 Å². The molecule has 0 heterocycles. The van der Waals surface area contributed by atoms with E-state index in [1.807, 2.05) is 55.5 Å². The molecule has 0 saturated carbocycles. The third-order valence-corrected chi connectivity index (χ3v) is 3.57. The van der Waals surface area contributed by atoms with Crippen LogP contribution in [0.5, 0.6) is 5.75 Å². The first-order valence-corrected chi connectivity index (χ1v) is 6.70. The van der Waals surface area contributed by atoms with Crippen molar-refractivity contribution >= 4 is 0 Å². The minimum Gasteiger partial charge on any atom is -0.496 e. The highest BCUT2D eigenvalue weighted by atomic mass is 16.5. The molecule has 0 aliphatic rings. The van der Waals surface area contributed by atoms with Crippen molar-refractivity contribution in [1.82, 2.24) is 0 Å². The summed E-state index contributed by atoms with van der Waals surface area (Å²) in [6.07, 6.45) is 0.429. The van der Waals surface area contributed by atoms with Crippen LogP contribution < -0.4 is 10.5 Å². The number of nitrogens with two attached hydrogens (primary N) is 1. The molecule has 0 radical (unpaired) electrons. The van der Waals surface area contributed by atoms with Crippen LogP contribution in [0.4, 0.5) is 0 Å². The normalized spacial score (nSPS) is 13.8. The zero-order valence-electron chi connectivity index (χ0n) is 12.0. The maximum atomic E-state index is 10.9. The van der Waals surface area contributed by atoms with Gasteiger partial charge in [-0.15, -0.1) is 0 Å². The fraction of sp³-hybridized carbons (Fsp3) is 0.294. The molecule has 2 aromatic carbocycles. The van der Waals surface area contributed by atoms with E-state index >= 15 is 0 Å². The minimum atomic E-state index is -1.08. The van der Waals surface area contributed by atoms with E-state index in [0.717, 1.165) is 22.4 Å². The van der Waals surface area contributed by atoms with Crippen LogP contribution >= 0.6 is 0 Å². The van der Waals surface area contributed by atoms with E-state index < -0.39 is 5.60 Å². The molecule has 0 aromatic heterocycles. The van der Waals surface area contributed by atoms with Gasteiger partial charge in [-0.3, -0.25) is 0 Å². The average molecular weight is 271 g/mol. The number of benzene rings is 2. The van der Waals surface area contributed by atoms with Crippen LogP contribution in [0.2, 0.25) is 0 Å². The van der Waals surface area contributed by atoms with Gasteiger partial charge in [0.2, 0.25) is 0 Å². The summed E-state index contributed by atoms with van der Waals surface area (Å²) in [5.41, 5.74) is 7.66. The lowest BCUT2D eigenvalue weighted by Gasteiger charge is -2.28. The highest BCUT2D eigenvalue weighted by Gasteiger charge is 2.29. The molecule has 3 N–H and O–H groups in total. The van der Waals surface area contributed by atoms with Crippen LogP contribution in [0.3, 0.4) is 0 Å². The Balaban J connectivity index is 2.38. The Hall–Kier alpha value is -1.84. The molecule has 0 bridgehead atoms. The third kappa shape index (κ3) is 3.00. The molecule has 3 heteroatoms. The van der Waals surface area contributed by atoms with Gasteiger partial charge >= 0.3 is 0 Å². The SMILES string of the molecule is COc1ccc(C)cc1CC(O)(CN)c1ccccc1. The molecule has 2 rings (SSSR count). The number of ether oxygens (including phenoxy) is 1. The Morgan fingerprint density at radius 3 is 2.45 bits per heavy atom. The Kier molecular flexibility index (Phi) is 4.42. The van der Waals surface area contributed by atoms with E-state index in [2.05, 4.69) is 0 Å². The van der Waals surface area contributed by atoms with E-state index in [9.17, 15) is 5.11 Å². The summed E-state index contributed by atoms with van der Waals surface area (Å²) in [6, 6.07) is 15.5. The lowest BCUT2D eigenvalue weighted by atomic mass is 9.86. The Labute approximate surface area is 120 Å². The standard InChI is InChI=1S/C17H21NO2/c1-13-8-9-16(20-2)14(10-13)11-17(19,12-18)15-6-4-3-5-7-15/h3-10,19H,11-12,18H2,1-2H3. The molecule has 1 atom stereocenters. The second-order valence-corrected chi connectivity index (χ2v) is 5.09. The van der Waals surface area contributed by atoms with Gasteiger partial charge in [0.05, 0.1) is 7.11 Å². The number of rotatable bonds is 5. The molecule has 0 amide bonds. The van der Waals surface area contributed by atoms with E-state index in [1.165, 1.54) is 0 Å². The molecular formula is C17H21NO2. The van der Waals surface area contributed by atoms with Crippen LogP contribution in [-0.4, -0.2) is 18.8 Å². The summed E-state index contributed by atoms with van der Waals surface area (Å²) in [7, 11) is 1.64.